The molecule has 32 heteroatoms. The third-order valence-corrected chi connectivity index (χ3v) is 14.9. The van der Waals surface area contributed by atoms with Gasteiger partial charge >= 0.3 is 5.97 Å². The van der Waals surface area contributed by atoms with Gasteiger partial charge in [-0.3, -0.25) is 67.1 Å². The van der Waals surface area contributed by atoms with Crippen LogP contribution in [0.25, 0.3) is 0 Å². The summed E-state index contributed by atoms with van der Waals surface area (Å²) >= 11 is 4.27. The van der Waals surface area contributed by atoms with Gasteiger partial charge in [-0.1, -0.05) is 55.4 Å². The number of aliphatic hydroxyl groups is 1. The Morgan fingerprint density at radius 1 is 0.494 bits per heavy atom. The van der Waals surface area contributed by atoms with E-state index >= 15 is 0 Å². The fourth-order valence-electron chi connectivity index (χ4n) is 9.93. The number of rotatable bonds is 39. The van der Waals surface area contributed by atoms with E-state index in [0.717, 1.165) is 0 Å². The van der Waals surface area contributed by atoms with Crippen LogP contribution in [0.4, 0.5) is 0 Å². The molecule has 2 fully saturated rings. The van der Waals surface area contributed by atoms with Gasteiger partial charge in [0.1, 0.15) is 60.9 Å². The van der Waals surface area contributed by atoms with Crippen molar-refractivity contribution in [2.75, 3.05) is 58.2 Å². The molecule has 0 unspecified atom stereocenters. The maximum absolute atomic E-state index is 14.0. The molecule has 2 rings (SSSR count). The normalized spacial score (nSPS) is 17.4. The number of aliphatic carboxylic acids is 1. The molecule has 0 aromatic heterocycles. The minimum absolute atomic E-state index is 0.0737. The van der Waals surface area contributed by atoms with Gasteiger partial charge in [0.25, 0.3) is 0 Å². The number of carbonyl (C=O) groups excluding carboxylic acids is 13. The van der Waals surface area contributed by atoms with E-state index in [4.69, 9.17) is 16.6 Å². The smallest absolute Gasteiger partial charge is 0.322 e. The summed E-state index contributed by atoms with van der Waals surface area (Å²) in [5.74, 6) is -11.9. The number of hydrogen-bond acceptors (Lipinski definition) is 18. The third-order valence-electron chi connectivity index (χ3n) is 14.5. The Balaban J connectivity index is 2.14. The fourth-order valence-corrected chi connectivity index (χ4v) is 10.2. The van der Waals surface area contributed by atoms with Crippen LogP contribution in [0, 0.1) is 23.7 Å². The van der Waals surface area contributed by atoms with E-state index in [1.165, 1.54) is 16.7 Å². The lowest BCUT2D eigenvalue weighted by atomic mass is 10.00. The van der Waals surface area contributed by atoms with Crippen molar-refractivity contribution in [2.24, 2.45) is 35.1 Å². The van der Waals surface area contributed by atoms with Crippen molar-refractivity contribution in [3.63, 3.8) is 0 Å². The van der Waals surface area contributed by atoms with Crippen molar-refractivity contribution >= 4 is 95.4 Å². The molecule has 89 heavy (non-hydrogen) atoms. The van der Waals surface area contributed by atoms with Gasteiger partial charge in [0.05, 0.1) is 25.7 Å². The molecule has 504 valence electrons. The Labute approximate surface area is 525 Å². The number of unbranched alkanes of at least 4 members (excludes halogenated alkanes) is 1. The molecule has 0 aromatic rings. The molecule has 2 aliphatic rings. The molecule has 0 saturated carbocycles. The lowest BCUT2D eigenvalue weighted by Crippen LogP contribution is -2.59. The van der Waals surface area contributed by atoms with Crippen LogP contribution >= 0.6 is 12.6 Å². The lowest BCUT2D eigenvalue weighted by molar-refractivity contribution is -0.142. The largest absolute Gasteiger partial charge is 0.480 e. The van der Waals surface area contributed by atoms with Crippen LogP contribution in [-0.4, -0.2) is 221 Å². The number of nitrogens with zero attached hydrogens (tertiary/aromatic N) is 2. The van der Waals surface area contributed by atoms with E-state index in [1.807, 2.05) is 0 Å². The average molecular weight is 1280 g/mol. The molecular formula is C57H99N15O16S. The van der Waals surface area contributed by atoms with Crippen LogP contribution in [0.2, 0.25) is 0 Å². The summed E-state index contributed by atoms with van der Waals surface area (Å²) in [5.41, 5.74) is 11.3. The first-order valence-electron chi connectivity index (χ1n) is 30.6. The van der Waals surface area contributed by atoms with Crippen LogP contribution in [-0.2, 0) is 67.1 Å². The fraction of sp³-hybridized carbons (Fsp3) is 0.754. The highest BCUT2D eigenvalue weighted by molar-refractivity contribution is 7.80. The maximum Gasteiger partial charge on any atom is 0.322 e. The summed E-state index contributed by atoms with van der Waals surface area (Å²) in [6.45, 7) is 13.2. The van der Waals surface area contributed by atoms with Crippen LogP contribution < -0.4 is 70.0 Å². The predicted molar refractivity (Wildman–Crippen MR) is 328 cm³/mol. The number of nitrogens with one attached hydrogen (secondary N) is 11. The van der Waals surface area contributed by atoms with Gasteiger partial charge in [-0.25, -0.2) is 0 Å². The minimum Gasteiger partial charge on any atom is -0.480 e. The first kappa shape index (κ1) is 77.9. The van der Waals surface area contributed by atoms with Crippen molar-refractivity contribution in [3.05, 3.63) is 0 Å². The number of carboxylic acid groups (broad SMARTS) is 1. The van der Waals surface area contributed by atoms with Crippen LogP contribution in [0.5, 0.6) is 0 Å². The summed E-state index contributed by atoms with van der Waals surface area (Å²) in [4.78, 5) is 188. The van der Waals surface area contributed by atoms with Gasteiger partial charge in [-0.15, -0.1) is 0 Å². The molecule has 10 atom stereocenters. The second-order valence-electron chi connectivity index (χ2n) is 24.1. The molecule has 0 bridgehead atoms. The third kappa shape index (κ3) is 27.6. The monoisotopic (exact) mass is 1280 g/mol. The highest BCUT2D eigenvalue weighted by Crippen LogP contribution is 2.21. The van der Waals surface area contributed by atoms with E-state index in [0.29, 0.717) is 25.7 Å². The Morgan fingerprint density at radius 3 is 1.42 bits per heavy atom. The number of hydrogen-bond donors (Lipinski definition) is 16. The van der Waals surface area contributed by atoms with Crippen molar-refractivity contribution in [1.29, 1.82) is 0 Å². The second-order valence-corrected chi connectivity index (χ2v) is 24.4. The van der Waals surface area contributed by atoms with Gasteiger partial charge in [0.2, 0.25) is 76.8 Å². The summed E-state index contributed by atoms with van der Waals surface area (Å²) in [7, 11) is 0. The van der Waals surface area contributed by atoms with E-state index in [2.05, 4.69) is 71.1 Å². The van der Waals surface area contributed by atoms with Crippen molar-refractivity contribution in [3.8, 4) is 0 Å². The predicted octanol–water partition coefficient (Wildman–Crippen LogP) is -4.51. The Bertz CT molecular complexity index is 2450. The number of thiol groups is 1. The van der Waals surface area contributed by atoms with Crippen molar-refractivity contribution in [1.82, 2.24) is 68.3 Å². The number of carbonyl (C=O) groups is 14. The molecule has 0 aliphatic carbocycles. The standard InChI is InChI=1S/C57H99N15O16S/c1-30(2)22-37(66-52(83)36(17-21-73)65-55(86)42-16-12-19-71(42)45(76)27-62-48(79)34(9)59)49(80)61-26-44(75)70-47(33(7)8)56(87)68-38(23-31(3)4)50(81)60-25-43(74)64-35(14-10-11-18-58)51(82)67-39(24-32(5)6)53(84)69-40(29-89)57(88)72-20-13-15-41(72)54(85)63-28-46(77)78/h30-42,47,73,89H,10-29,58-59H2,1-9H3,(H,60,81)(H,61,80)(H,62,79)(H,63,85)(H,64,74)(H,65,86)(H,66,83)(H,67,82)(H,68,87)(H,69,84)(H,70,75)(H,77,78)/t34-,35-,36-,37-,38-,39-,40-,41-,42-,47-/m0/s1. The number of likely N-dealkylation sites (tertiary alicyclic amines) is 2. The zero-order chi connectivity index (χ0) is 67.2. The highest BCUT2D eigenvalue weighted by atomic mass is 32.1. The number of aliphatic hydroxyl groups excluding tert-OH is 1. The zero-order valence-electron chi connectivity index (χ0n) is 52.8. The highest BCUT2D eigenvalue weighted by Gasteiger charge is 2.40. The van der Waals surface area contributed by atoms with Crippen LogP contribution in [0.3, 0.4) is 0 Å². The van der Waals surface area contributed by atoms with E-state index in [9.17, 15) is 72.2 Å². The molecular weight excluding hydrogens is 1180 g/mol. The first-order chi connectivity index (χ1) is 41.8. The molecule has 0 radical (unpaired) electrons. The zero-order valence-corrected chi connectivity index (χ0v) is 53.7. The average Bonchev–Trinajstić information content (AvgIpc) is 4.02. The first-order valence-corrected chi connectivity index (χ1v) is 31.2. The maximum atomic E-state index is 14.0. The lowest BCUT2D eigenvalue weighted by Gasteiger charge is -2.30. The Hall–Kier alpha value is -7.19. The van der Waals surface area contributed by atoms with Gasteiger partial charge in [-0.2, -0.15) is 12.6 Å². The molecule has 31 nitrogen and oxygen atoms in total. The van der Waals surface area contributed by atoms with E-state index in [1.54, 1.807) is 55.4 Å². The summed E-state index contributed by atoms with van der Waals surface area (Å²) < 4.78 is 0. The molecule has 17 N–H and O–H groups in total. The van der Waals surface area contributed by atoms with Gasteiger partial charge in [0, 0.05) is 25.4 Å². The SMILES string of the molecule is CC(C)C[C@H](NC(=O)[C@H](CCO)NC(=O)[C@@H]1CCCN1C(=O)CNC(=O)[C@H](C)N)C(=O)NCC(=O)N[C@H](C(=O)N[C@@H](CC(C)C)C(=O)NCC(=O)N[C@@H](CCCCN)C(=O)N[C@@H](CC(C)C)C(=O)N[C@@H](CS)C(=O)N1CCC[C@H]1C(=O)NCC(=O)O)C(C)C. The van der Waals surface area contributed by atoms with Gasteiger partial charge in [0.15, 0.2) is 0 Å². The molecule has 13 amide bonds. The van der Waals surface area contributed by atoms with Gasteiger partial charge in [-0.05, 0) is 108 Å². The second kappa shape index (κ2) is 39.7. The molecule has 2 saturated heterocycles. The van der Waals surface area contributed by atoms with Crippen molar-refractivity contribution in [2.45, 2.75) is 193 Å². The Morgan fingerprint density at radius 2 is 0.944 bits per heavy atom. The summed E-state index contributed by atoms with van der Waals surface area (Å²) in [6, 6.07) is -11.6. The number of amides is 13. The molecule has 2 aliphatic heterocycles. The molecule has 0 spiro atoms. The number of carboxylic acids is 1. The summed E-state index contributed by atoms with van der Waals surface area (Å²) in [5, 5.41) is 46.8. The minimum atomic E-state index is -1.34. The van der Waals surface area contributed by atoms with E-state index in [-0.39, 0.29) is 88.1 Å². The van der Waals surface area contributed by atoms with Crippen LogP contribution in [0.1, 0.15) is 133 Å². The van der Waals surface area contributed by atoms with Crippen molar-refractivity contribution < 1.29 is 77.3 Å². The number of nitrogens with two attached hydrogens (primary N) is 2. The summed E-state index contributed by atoms with van der Waals surface area (Å²) in [6.07, 6.45) is 2.37. The van der Waals surface area contributed by atoms with Crippen LogP contribution in [0.15, 0.2) is 0 Å². The van der Waals surface area contributed by atoms with Gasteiger partial charge < -0.3 is 90.0 Å². The molecule has 2 heterocycles. The molecule has 0 aromatic carbocycles. The topological polar surface area (TPSA) is 470 Å². The van der Waals surface area contributed by atoms with E-state index < -0.39 is 182 Å². The quantitative estimate of drug-likeness (QED) is 0.0204. The Kier molecular flexibility index (Phi) is 34.8.